The van der Waals surface area contributed by atoms with Crippen molar-refractivity contribution in [2.24, 2.45) is 0 Å². The summed E-state index contributed by atoms with van der Waals surface area (Å²) in [6.07, 6.45) is 1.38. The van der Waals surface area contributed by atoms with E-state index in [0.29, 0.717) is 16.9 Å². The van der Waals surface area contributed by atoms with Crippen LogP contribution in [0, 0.1) is 13.8 Å². The number of hydrogen-bond donors (Lipinski definition) is 1. The molecule has 7 nitrogen and oxygen atoms in total. The van der Waals surface area contributed by atoms with Gasteiger partial charge in [-0.25, -0.2) is 13.2 Å². The highest BCUT2D eigenvalue weighted by atomic mass is 32.2. The molecule has 1 atom stereocenters. The number of hydrogen-bond acceptors (Lipinski definition) is 5. The number of methoxy groups -OCH3 is 1. The molecule has 0 aliphatic carbocycles. The van der Waals surface area contributed by atoms with Crippen LogP contribution in [0.15, 0.2) is 42.5 Å². The zero-order valence-corrected chi connectivity index (χ0v) is 18.0. The quantitative estimate of drug-likeness (QED) is 0.697. The van der Waals surface area contributed by atoms with E-state index in [4.69, 9.17) is 0 Å². The van der Waals surface area contributed by atoms with Crippen molar-refractivity contribution in [1.29, 1.82) is 0 Å². The maximum Gasteiger partial charge on any atom is 0.337 e. The molecule has 0 bridgehead atoms. The number of anilines is 2. The number of esters is 1. The van der Waals surface area contributed by atoms with Crippen LogP contribution in [0.3, 0.4) is 0 Å². The summed E-state index contributed by atoms with van der Waals surface area (Å²) in [5.74, 6) is -0.933. The summed E-state index contributed by atoms with van der Waals surface area (Å²) in [7, 11) is -2.43. The van der Waals surface area contributed by atoms with Crippen LogP contribution in [-0.4, -0.2) is 39.7 Å². The largest absolute Gasteiger partial charge is 0.465 e. The van der Waals surface area contributed by atoms with Gasteiger partial charge in [0.1, 0.15) is 6.04 Å². The molecule has 1 amide bonds. The number of aryl methyl sites for hydroxylation is 2. The third kappa shape index (κ3) is 5.35. The second kappa shape index (κ2) is 9.09. The number of carbonyl (C=O) groups excluding carboxylic acids is 2. The Morgan fingerprint density at radius 2 is 1.72 bits per heavy atom. The van der Waals surface area contributed by atoms with E-state index in [1.807, 2.05) is 26.0 Å². The number of benzene rings is 2. The number of rotatable bonds is 7. The van der Waals surface area contributed by atoms with Crippen LogP contribution in [0.2, 0.25) is 0 Å². The lowest BCUT2D eigenvalue weighted by atomic mass is 10.1. The first-order valence-electron chi connectivity index (χ1n) is 9.14. The Morgan fingerprint density at radius 1 is 1.10 bits per heavy atom. The molecule has 2 aromatic carbocycles. The van der Waals surface area contributed by atoms with Crippen molar-refractivity contribution < 1.29 is 22.7 Å². The van der Waals surface area contributed by atoms with Crippen LogP contribution >= 0.6 is 0 Å². The monoisotopic (exact) mass is 418 g/mol. The fourth-order valence-electron chi connectivity index (χ4n) is 3.03. The third-order valence-electron chi connectivity index (χ3n) is 4.51. The molecule has 156 valence electrons. The second-order valence-corrected chi connectivity index (χ2v) is 8.69. The third-order valence-corrected chi connectivity index (χ3v) is 5.67. The Balaban J connectivity index is 2.36. The first kappa shape index (κ1) is 22.4. The molecule has 2 aromatic rings. The Hall–Kier alpha value is -2.87. The topological polar surface area (TPSA) is 92.8 Å². The molecule has 0 saturated carbocycles. The van der Waals surface area contributed by atoms with E-state index < -0.39 is 27.9 Å². The van der Waals surface area contributed by atoms with E-state index in [0.717, 1.165) is 17.4 Å². The van der Waals surface area contributed by atoms with Gasteiger partial charge in [-0.05, 0) is 61.7 Å². The standard InChI is InChI=1S/C21H26N2O5S/c1-6-18(20(24)22-17-11-9-16(10-12-17)21(25)28-4)23(29(5,26)27)19-13-14(2)7-8-15(19)3/h7-13,18H,6H2,1-5H3,(H,22,24). The first-order chi connectivity index (χ1) is 13.6. The summed E-state index contributed by atoms with van der Waals surface area (Å²) in [5, 5.41) is 2.74. The molecule has 0 spiro atoms. The van der Waals surface area contributed by atoms with Crippen LogP contribution in [0.5, 0.6) is 0 Å². The zero-order chi connectivity index (χ0) is 21.8. The van der Waals surface area contributed by atoms with Gasteiger partial charge in [-0.1, -0.05) is 19.1 Å². The number of nitrogens with zero attached hydrogens (tertiary/aromatic N) is 1. The summed E-state index contributed by atoms with van der Waals surface area (Å²) in [6, 6.07) is 10.8. The molecule has 1 unspecified atom stereocenters. The van der Waals surface area contributed by atoms with Crippen molar-refractivity contribution in [1.82, 2.24) is 0 Å². The lowest BCUT2D eigenvalue weighted by molar-refractivity contribution is -0.117. The molecule has 2 rings (SSSR count). The van der Waals surface area contributed by atoms with Gasteiger partial charge in [0.25, 0.3) is 0 Å². The zero-order valence-electron chi connectivity index (χ0n) is 17.2. The van der Waals surface area contributed by atoms with Gasteiger partial charge in [0.15, 0.2) is 0 Å². The smallest absolute Gasteiger partial charge is 0.337 e. The van der Waals surface area contributed by atoms with Crippen LogP contribution < -0.4 is 9.62 Å². The highest BCUT2D eigenvalue weighted by Crippen LogP contribution is 2.28. The number of carbonyl (C=O) groups is 2. The lowest BCUT2D eigenvalue weighted by Crippen LogP contribution is -2.47. The number of sulfonamides is 1. The fraction of sp³-hybridized carbons (Fsp3) is 0.333. The van der Waals surface area contributed by atoms with Gasteiger partial charge in [0, 0.05) is 5.69 Å². The molecule has 0 aromatic heterocycles. The molecule has 0 aliphatic rings. The molecule has 0 heterocycles. The highest BCUT2D eigenvalue weighted by Gasteiger charge is 2.32. The average molecular weight is 419 g/mol. The molecule has 0 saturated heterocycles. The SMILES string of the molecule is CCC(C(=O)Nc1ccc(C(=O)OC)cc1)N(c1cc(C)ccc1C)S(C)(=O)=O. The van der Waals surface area contributed by atoms with Crippen LogP contribution in [-0.2, 0) is 19.6 Å². The van der Waals surface area contributed by atoms with Gasteiger partial charge < -0.3 is 10.1 Å². The molecule has 0 fully saturated rings. The van der Waals surface area contributed by atoms with E-state index in [1.54, 1.807) is 25.1 Å². The molecule has 0 aliphatic heterocycles. The summed E-state index contributed by atoms with van der Waals surface area (Å²) in [6.45, 7) is 5.43. The normalized spacial score (nSPS) is 12.2. The highest BCUT2D eigenvalue weighted by molar-refractivity contribution is 7.92. The van der Waals surface area contributed by atoms with Crippen molar-refractivity contribution in [2.75, 3.05) is 23.0 Å². The fourth-order valence-corrected chi connectivity index (χ4v) is 4.29. The van der Waals surface area contributed by atoms with Crippen LogP contribution in [0.1, 0.15) is 34.8 Å². The molecule has 0 radical (unpaired) electrons. The van der Waals surface area contributed by atoms with E-state index in [2.05, 4.69) is 10.1 Å². The minimum Gasteiger partial charge on any atom is -0.465 e. The predicted octanol–water partition coefficient (Wildman–Crippen LogP) is 3.27. The lowest BCUT2D eigenvalue weighted by Gasteiger charge is -2.31. The van der Waals surface area contributed by atoms with E-state index in [-0.39, 0.29) is 6.42 Å². The Labute approximate surface area is 171 Å². The molecular formula is C21H26N2O5S. The minimum absolute atomic E-state index is 0.284. The molecule has 1 N–H and O–H groups in total. The van der Waals surface area contributed by atoms with E-state index >= 15 is 0 Å². The number of amides is 1. The number of nitrogens with one attached hydrogen (secondary N) is 1. The maximum absolute atomic E-state index is 13.0. The van der Waals surface area contributed by atoms with Crippen molar-refractivity contribution in [3.8, 4) is 0 Å². The summed E-state index contributed by atoms with van der Waals surface area (Å²) in [5.41, 5.74) is 2.94. The minimum atomic E-state index is -3.72. The Kier molecular flexibility index (Phi) is 7.02. The maximum atomic E-state index is 13.0. The second-order valence-electron chi connectivity index (χ2n) is 6.83. The van der Waals surface area contributed by atoms with Crippen molar-refractivity contribution in [3.63, 3.8) is 0 Å². The van der Waals surface area contributed by atoms with E-state index in [1.165, 1.54) is 23.5 Å². The molecule has 29 heavy (non-hydrogen) atoms. The van der Waals surface area contributed by atoms with Crippen molar-refractivity contribution in [3.05, 3.63) is 59.2 Å². The summed E-state index contributed by atoms with van der Waals surface area (Å²) < 4.78 is 31.0. The van der Waals surface area contributed by atoms with Crippen molar-refractivity contribution >= 4 is 33.3 Å². The first-order valence-corrected chi connectivity index (χ1v) is 11.0. The average Bonchev–Trinajstić information content (AvgIpc) is 2.67. The Morgan fingerprint density at radius 3 is 2.24 bits per heavy atom. The van der Waals surface area contributed by atoms with Gasteiger partial charge in [0.2, 0.25) is 15.9 Å². The van der Waals surface area contributed by atoms with Crippen molar-refractivity contribution in [2.45, 2.75) is 33.2 Å². The van der Waals surface area contributed by atoms with Gasteiger partial charge >= 0.3 is 5.97 Å². The number of ether oxygens (including phenoxy) is 1. The Bertz CT molecular complexity index is 1000. The van der Waals surface area contributed by atoms with E-state index in [9.17, 15) is 18.0 Å². The summed E-state index contributed by atoms with van der Waals surface area (Å²) in [4.78, 5) is 24.5. The predicted molar refractivity (Wildman–Crippen MR) is 114 cm³/mol. The summed E-state index contributed by atoms with van der Waals surface area (Å²) >= 11 is 0. The van der Waals surface area contributed by atoms with Gasteiger partial charge in [-0.2, -0.15) is 0 Å². The van der Waals surface area contributed by atoms with Crippen LogP contribution in [0.4, 0.5) is 11.4 Å². The van der Waals surface area contributed by atoms with Gasteiger partial charge in [-0.3, -0.25) is 9.10 Å². The molecule has 8 heteroatoms. The van der Waals surface area contributed by atoms with Crippen LogP contribution in [0.25, 0.3) is 0 Å². The van der Waals surface area contributed by atoms with Gasteiger partial charge in [-0.15, -0.1) is 0 Å². The molecular weight excluding hydrogens is 392 g/mol. The van der Waals surface area contributed by atoms with Gasteiger partial charge in [0.05, 0.1) is 24.6 Å².